The Labute approximate surface area is 106 Å². The predicted molar refractivity (Wildman–Crippen MR) is 69.1 cm³/mol. The van der Waals surface area contributed by atoms with Crippen LogP contribution in [0.15, 0.2) is 18.2 Å². The van der Waals surface area contributed by atoms with E-state index in [1.54, 1.807) is 12.1 Å². The summed E-state index contributed by atoms with van der Waals surface area (Å²) in [6.07, 6.45) is 0. The fourth-order valence-corrected chi connectivity index (χ4v) is 1.39. The van der Waals surface area contributed by atoms with Crippen LogP contribution < -0.4 is 11.1 Å². The van der Waals surface area contributed by atoms with Gasteiger partial charge in [0.2, 0.25) is 0 Å². The highest BCUT2D eigenvalue weighted by Gasteiger charge is 2.19. The van der Waals surface area contributed by atoms with Gasteiger partial charge in [-0.15, -0.1) is 0 Å². The van der Waals surface area contributed by atoms with Gasteiger partial charge in [0.05, 0.1) is 10.6 Å². The van der Waals surface area contributed by atoms with Gasteiger partial charge in [0.1, 0.15) is 0 Å². The molecule has 0 atom stereocenters. The van der Waals surface area contributed by atoms with Crippen molar-refractivity contribution in [2.75, 3.05) is 18.9 Å². The summed E-state index contributed by atoms with van der Waals surface area (Å²) in [7, 11) is 0. The number of hydrogen-bond acceptors (Lipinski definition) is 3. The Morgan fingerprint density at radius 3 is 2.76 bits per heavy atom. The molecule has 1 rings (SSSR count). The van der Waals surface area contributed by atoms with Crippen LogP contribution >= 0.6 is 11.6 Å². The normalized spacial score (nSPS) is 11.3. The second-order valence-electron chi connectivity index (χ2n) is 4.74. The molecule has 0 fully saturated rings. The molecule has 0 radical (unpaired) electrons. The van der Waals surface area contributed by atoms with E-state index in [-0.39, 0.29) is 17.9 Å². The quantitative estimate of drug-likeness (QED) is 0.718. The maximum atomic E-state index is 11.8. The van der Waals surface area contributed by atoms with E-state index in [1.165, 1.54) is 6.07 Å². The summed E-state index contributed by atoms with van der Waals surface area (Å²) in [4.78, 5) is 11.8. The summed E-state index contributed by atoms with van der Waals surface area (Å²) in [5.74, 6) is -0.288. The number of rotatable bonds is 4. The number of aliphatic hydroxyl groups is 1. The number of hydrogen-bond donors (Lipinski definition) is 3. The third-order valence-corrected chi connectivity index (χ3v) is 2.72. The van der Waals surface area contributed by atoms with E-state index in [2.05, 4.69) is 5.32 Å². The van der Waals surface area contributed by atoms with Crippen LogP contribution in [0.1, 0.15) is 24.2 Å². The molecule has 0 saturated heterocycles. The molecule has 0 aliphatic heterocycles. The van der Waals surface area contributed by atoms with E-state index < -0.39 is 0 Å². The van der Waals surface area contributed by atoms with Gasteiger partial charge in [-0.25, -0.2) is 0 Å². The van der Waals surface area contributed by atoms with Crippen LogP contribution in [0.3, 0.4) is 0 Å². The Kier molecular flexibility index (Phi) is 4.37. The minimum absolute atomic E-state index is 0.00204. The van der Waals surface area contributed by atoms with E-state index in [0.717, 1.165) is 0 Å². The molecule has 1 amide bonds. The molecule has 1 aromatic rings. The minimum Gasteiger partial charge on any atom is -0.399 e. The van der Waals surface area contributed by atoms with Crippen LogP contribution in [0.2, 0.25) is 5.02 Å². The summed E-state index contributed by atoms with van der Waals surface area (Å²) in [5.41, 5.74) is 6.07. The average molecular weight is 257 g/mol. The lowest BCUT2D eigenvalue weighted by molar-refractivity contribution is 0.0911. The number of aliphatic hydroxyl groups excluding tert-OH is 1. The average Bonchev–Trinajstić information content (AvgIpc) is 2.29. The number of halogens is 1. The largest absolute Gasteiger partial charge is 0.399 e. The van der Waals surface area contributed by atoms with Gasteiger partial charge in [-0.1, -0.05) is 25.4 Å². The Bertz CT molecular complexity index is 419. The van der Waals surface area contributed by atoms with Gasteiger partial charge < -0.3 is 16.2 Å². The molecule has 4 N–H and O–H groups in total. The molecule has 0 unspecified atom stereocenters. The first-order valence-corrected chi connectivity index (χ1v) is 5.67. The van der Waals surface area contributed by atoms with Gasteiger partial charge >= 0.3 is 0 Å². The first kappa shape index (κ1) is 13.8. The number of carbonyl (C=O) groups excluding carboxylic acids is 1. The molecule has 0 aliphatic rings. The number of nitrogens with two attached hydrogens (primary N) is 1. The van der Waals surface area contributed by atoms with Gasteiger partial charge in [-0.2, -0.15) is 0 Å². The Morgan fingerprint density at radius 2 is 2.18 bits per heavy atom. The number of nitrogen functional groups attached to an aromatic ring is 1. The molecule has 0 bridgehead atoms. The molecular formula is C12H17ClN2O2. The molecule has 1 aromatic carbocycles. The van der Waals surface area contributed by atoms with Crippen LogP contribution in [0, 0.1) is 5.41 Å². The topological polar surface area (TPSA) is 75.3 Å². The van der Waals surface area contributed by atoms with Crippen LogP contribution in [0.25, 0.3) is 0 Å². The monoisotopic (exact) mass is 256 g/mol. The maximum Gasteiger partial charge on any atom is 0.252 e. The van der Waals surface area contributed by atoms with Crippen molar-refractivity contribution in [2.45, 2.75) is 13.8 Å². The van der Waals surface area contributed by atoms with E-state index in [9.17, 15) is 4.79 Å². The van der Waals surface area contributed by atoms with Crippen LogP contribution in [0.4, 0.5) is 5.69 Å². The van der Waals surface area contributed by atoms with Crippen molar-refractivity contribution < 1.29 is 9.90 Å². The SMILES string of the molecule is CC(C)(CO)CNC(=O)c1cc(N)ccc1Cl. The molecule has 0 heterocycles. The molecule has 4 nitrogen and oxygen atoms in total. The Hall–Kier alpha value is -1.26. The van der Waals surface area contributed by atoms with Gasteiger partial charge in [-0.05, 0) is 18.2 Å². The van der Waals surface area contributed by atoms with Crippen molar-refractivity contribution in [3.8, 4) is 0 Å². The molecule has 94 valence electrons. The van der Waals surface area contributed by atoms with Crippen molar-refractivity contribution in [3.63, 3.8) is 0 Å². The zero-order chi connectivity index (χ0) is 13.1. The van der Waals surface area contributed by atoms with Gasteiger partial charge in [0, 0.05) is 24.3 Å². The summed E-state index contributed by atoms with van der Waals surface area (Å²) < 4.78 is 0. The molecule has 0 aliphatic carbocycles. The Morgan fingerprint density at radius 1 is 1.53 bits per heavy atom. The predicted octanol–water partition coefficient (Wildman–Crippen LogP) is 1.67. The molecule has 0 saturated carbocycles. The second-order valence-corrected chi connectivity index (χ2v) is 5.15. The van der Waals surface area contributed by atoms with Crippen LogP contribution in [-0.2, 0) is 0 Å². The smallest absolute Gasteiger partial charge is 0.252 e. The molecule has 0 spiro atoms. The lowest BCUT2D eigenvalue weighted by Crippen LogP contribution is -2.36. The first-order chi connectivity index (χ1) is 7.85. The third kappa shape index (κ3) is 3.91. The van der Waals surface area contributed by atoms with Gasteiger partial charge in [-0.3, -0.25) is 4.79 Å². The summed E-state index contributed by atoms with van der Waals surface area (Å²) >= 11 is 5.91. The fourth-order valence-electron chi connectivity index (χ4n) is 1.19. The second kappa shape index (κ2) is 5.38. The van der Waals surface area contributed by atoms with E-state index in [0.29, 0.717) is 22.8 Å². The van der Waals surface area contributed by atoms with Crippen LogP contribution in [0.5, 0.6) is 0 Å². The highest BCUT2D eigenvalue weighted by molar-refractivity contribution is 6.34. The Balaban J connectivity index is 2.74. The number of amides is 1. The van der Waals surface area contributed by atoms with Crippen LogP contribution in [-0.4, -0.2) is 24.2 Å². The van der Waals surface area contributed by atoms with Crippen molar-refractivity contribution in [3.05, 3.63) is 28.8 Å². The minimum atomic E-state index is -0.359. The van der Waals surface area contributed by atoms with Crippen molar-refractivity contribution >= 4 is 23.2 Å². The van der Waals surface area contributed by atoms with Crippen molar-refractivity contribution in [2.24, 2.45) is 5.41 Å². The molecule has 17 heavy (non-hydrogen) atoms. The first-order valence-electron chi connectivity index (χ1n) is 5.30. The summed E-state index contributed by atoms with van der Waals surface area (Å²) in [5, 5.41) is 12.2. The number of carbonyl (C=O) groups is 1. The number of anilines is 1. The summed E-state index contributed by atoms with van der Waals surface area (Å²) in [6, 6.07) is 4.75. The molecular weight excluding hydrogens is 240 g/mol. The van der Waals surface area contributed by atoms with Crippen molar-refractivity contribution in [1.82, 2.24) is 5.32 Å². The number of nitrogens with one attached hydrogen (secondary N) is 1. The third-order valence-electron chi connectivity index (χ3n) is 2.39. The summed E-state index contributed by atoms with van der Waals surface area (Å²) in [6.45, 7) is 4.08. The lowest BCUT2D eigenvalue weighted by Gasteiger charge is -2.22. The fraction of sp³-hybridized carbons (Fsp3) is 0.417. The zero-order valence-electron chi connectivity index (χ0n) is 9.96. The molecule has 0 aromatic heterocycles. The number of benzene rings is 1. The standard InChI is InChI=1S/C12H17ClN2O2/c1-12(2,7-16)6-15-11(17)9-5-8(14)3-4-10(9)13/h3-5,16H,6-7,14H2,1-2H3,(H,15,17). The van der Waals surface area contributed by atoms with Gasteiger partial charge in [0.25, 0.3) is 5.91 Å². The van der Waals surface area contributed by atoms with Crippen molar-refractivity contribution in [1.29, 1.82) is 0 Å². The van der Waals surface area contributed by atoms with Gasteiger partial charge in [0.15, 0.2) is 0 Å². The van der Waals surface area contributed by atoms with E-state index >= 15 is 0 Å². The lowest BCUT2D eigenvalue weighted by atomic mass is 9.95. The van der Waals surface area contributed by atoms with E-state index in [4.69, 9.17) is 22.4 Å². The highest BCUT2D eigenvalue weighted by atomic mass is 35.5. The maximum absolute atomic E-state index is 11.8. The van der Waals surface area contributed by atoms with E-state index in [1.807, 2.05) is 13.8 Å². The zero-order valence-corrected chi connectivity index (χ0v) is 10.7. The molecule has 5 heteroatoms. The highest BCUT2D eigenvalue weighted by Crippen LogP contribution is 2.19.